The van der Waals surface area contributed by atoms with E-state index in [0.29, 0.717) is 16.9 Å². The Morgan fingerprint density at radius 2 is 1.48 bits per heavy atom. The fourth-order valence-electron chi connectivity index (χ4n) is 1.93. The van der Waals surface area contributed by atoms with Gasteiger partial charge in [-0.3, -0.25) is 24.5 Å². The molecule has 0 unspecified atom stereocenters. The van der Waals surface area contributed by atoms with Gasteiger partial charge in [0.15, 0.2) is 0 Å². The second kappa shape index (κ2) is 8.85. The maximum Gasteiger partial charge on any atom is 0.329 e. The highest BCUT2D eigenvalue weighted by Gasteiger charge is 2.12. The standard InChI is InChI=1S/C17H15N5O5/c1-11(23)19-13-4-6-14(7-5-13)20-16(24)17(25)21-18-10-12-2-8-15(9-3-12)22(26)27/h2-10H,1H3,(H,19,23)(H,20,24)(H,21,25)/b18-10+. The summed E-state index contributed by atoms with van der Waals surface area (Å²) >= 11 is 0. The lowest BCUT2D eigenvalue weighted by Gasteiger charge is -2.06. The van der Waals surface area contributed by atoms with E-state index in [0.717, 1.165) is 0 Å². The summed E-state index contributed by atoms with van der Waals surface area (Å²) in [4.78, 5) is 44.5. The normalized spacial score (nSPS) is 10.3. The van der Waals surface area contributed by atoms with Crippen molar-refractivity contribution in [3.8, 4) is 0 Å². The van der Waals surface area contributed by atoms with E-state index in [4.69, 9.17) is 0 Å². The summed E-state index contributed by atoms with van der Waals surface area (Å²) in [5, 5.41) is 19.1. The van der Waals surface area contributed by atoms with E-state index in [1.807, 2.05) is 0 Å². The van der Waals surface area contributed by atoms with Crippen LogP contribution in [-0.2, 0) is 14.4 Å². The second-order valence-electron chi connectivity index (χ2n) is 5.26. The molecule has 0 aliphatic heterocycles. The number of nitro benzene ring substituents is 1. The van der Waals surface area contributed by atoms with Crippen LogP contribution in [0.2, 0.25) is 0 Å². The predicted octanol–water partition coefficient (Wildman–Crippen LogP) is 1.64. The van der Waals surface area contributed by atoms with Gasteiger partial charge in [-0.2, -0.15) is 5.10 Å². The number of hydrogen-bond acceptors (Lipinski definition) is 6. The Hall–Kier alpha value is -4.08. The summed E-state index contributed by atoms with van der Waals surface area (Å²) in [6.45, 7) is 1.37. The van der Waals surface area contributed by atoms with Gasteiger partial charge in [0, 0.05) is 30.4 Å². The molecular weight excluding hydrogens is 354 g/mol. The smallest absolute Gasteiger partial charge is 0.326 e. The molecule has 0 heterocycles. The molecule has 2 aromatic rings. The van der Waals surface area contributed by atoms with Crippen LogP contribution in [0, 0.1) is 10.1 Å². The lowest BCUT2D eigenvalue weighted by molar-refractivity contribution is -0.384. The van der Waals surface area contributed by atoms with E-state index in [1.54, 1.807) is 12.1 Å². The lowest BCUT2D eigenvalue weighted by atomic mass is 10.2. The van der Waals surface area contributed by atoms with Crippen LogP contribution in [-0.4, -0.2) is 28.9 Å². The van der Waals surface area contributed by atoms with Gasteiger partial charge in [0.05, 0.1) is 11.1 Å². The molecule has 3 N–H and O–H groups in total. The Morgan fingerprint density at radius 1 is 0.926 bits per heavy atom. The number of amides is 3. The number of rotatable bonds is 5. The van der Waals surface area contributed by atoms with E-state index >= 15 is 0 Å². The zero-order valence-electron chi connectivity index (χ0n) is 14.1. The first kappa shape index (κ1) is 19.2. The minimum Gasteiger partial charge on any atom is -0.326 e. The molecule has 0 saturated heterocycles. The fourth-order valence-corrected chi connectivity index (χ4v) is 1.93. The zero-order chi connectivity index (χ0) is 19.8. The van der Waals surface area contributed by atoms with Crippen LogP contribution in [0.4, 0.5) is 17.1 Å². The number of nitro groups is 1. The summed E-state index contributed by atoms with van der Waals surface area (Å²) in [7, 11) is 0. The van der Waals surface area contributed by atoms with Crippen LogP contribution in [0.1, 0.15) is 12.5 Å². The van der Waals surface area contributed by atoms with Crippen LogP contribution >= 0.6 is 0 Å². The Bertz CT molecular complexity index is 891. The predicted molar refractivity (Wildman–Crippen MR) is 98.2 cm³/mol. The first-order valence-corrected chi connectivity index (χ1v) is 7.61. The molecule has 0 aliphatic carbocycles. The topological polar surface area (TPSA) is 143 Å². The third-order valence-electron chi connectivity index (χ3n) is 3.15. The SMILES string of the molecule is CC(=O)Nc1ccc(NC(=O)C(=O)N/N=C/c2ccc([N+](=O)[O-])cc2)cc1. The number of anilines is 2. The van der Waals surface area contributed by atoms with Crippen LogP contribution in [0.5, 0.6) is 0 Å². The van der Waals surface area contributed by atoms with Gasteiger partial charge in [0.2, 0.25) is 5.91 Å². The van der Waals surface area contributed by atoms with Crippen molar-refractivity contribution in [3.63, 3.8) is 0 Å². The molecule has 0 aromatic heterocycles. The van der Waals surface area contributed by atoms with Crippen molar-refractivity contribution in [3.05, 3.63) is 64.2 Å². The number of carbonyl (C=O) groups excluding carboxylic acids is 3. The molecule has 0 radical (unpaired) electrons. The minimum absolute atomic E-state index is 0.0694. The Morgan fingerprint density at radius 3 is 2.00 bits per heavy atom. The summed E-state index contributed by atoms with van der Waals surface area (Å²) in [6, 6.07) is 11.7. The van der Waals surface area contributed by atoms with Crippen LogP contribution in [0.3, 0.4) is 0 Å². The first-order valence-electron chi connectivity index (χ1n) is 7.61. The maximum atomic E-state index is 11.8. The molecule has 0 atom stereocenters. The summed E-state index contributed by atoms with van der Waals surface area (Å²) in [5.74, 6) is -2.14. The average molecular weight is 369 g/mol. The molecule has 2 rings (SSSR count). The van der Waals surface area contributed by atoms with Crippen LogP contribution < -0.4 is 16.1 Å². The maximum absolute atomic E-state index is 11.8. The first-order chi connectivity index (χ1) is 12.8. The van der Waals surface area contributed by atoms with Crippen molar-refractivity contribution in [2.75, 3.05) is 10.6 Å². The molecule has 0 saturated carbocycles. The van der Waals surface area contributed by atoms with Gasteiger partial charge in [0.1, 0.15) is 0 Å². The number of nitrogens with zero attached hydrogens (tertiary/aromatic N) is 2. The van der Waals surface area contributed by atoms with Crippen molar-refractivity contribution in [2.24, 2.45) is 5.10 Å². The zero-order valence-corrected chi connectivity index (χ0v) is 14.1. The van der Waals surface area contributed by atoms with Crippen molar-refractivity contribution in [2.45, 2.75) is 6.92 Å². The molecule has 10 nitrogen and oxygen atoms in total. The average Bonchev–Trinajstić information content (AvgIpc) is 2.63. The number of hydrazone groups is 1. The monoisotopic (exact) mass is 369 g/mol. The number of carbonyl (C=O) groups is 3. The van der Waals surface area contributed by atoms with Crippen molar-refractivity contribution >= 4 is 41.0 Å². The molecule has 27 heavy (non-hydrogen) atoms. The quantitative estimate of drug-likeness (QED) is 0.318. The minimum atomic E-state index is -0.987. The molecule has 0 spiro atoms. The summed E-state index contributed by atoms with van der Waals surface area (Å²) in [5.41, 5.74) is 3.41. The molecule has 2 aromatic carbocycles. The Kier molecular flexibility index (Phi) is 6.31. The third-order valence-corrected chi connectivity index (χ3v) is 3.15. The van der Waals surface area contributed by atoms with E-state index < -0.39 is 16.7 Å². The fraction of sp³-hybridized carbons (Fsp3) is 0.0588. The number of nitrogens with one attached hydrogen (secondary N) is 3. The van der Waals surface area contributed by atoms with E-state index in [-0.39, 0.29) is 11.6 Å². The highest BCUT2D eigenvalue weighted by molar-refractivity contribution is 6.39. The van der Waals surface area contributed by atoms with E-state index in [2.05, 4.69) is 21.2 Å². The lowest BCUT2D eigenvalue weighted by Crippen LogP contribution is -2.32. The van der Waals surface area contributed by atoms with Gasteiger partial charge in [0.25, 0.3) is 5.69 Å². The Balaban J connectivity index is 1.87. The molecule has 0 bridgehead atoms. The van der Waals surface area contributed by atoms with Crippen molar-refractivity contribution < 1.29 is 19.3 Å². The number of hydrogen-bond donors (Lipinski definition) is 3. The van der Waals surface area contributed by atoms with Crippen LogP contribution in [0.25, 0.3) is 0 Å². The van der Waals surface area contributed by atoms with E-state index in [1.165, 1.54) is 49.5 Å². The van der Waals surface area contributed by atoms with Gasteiger partial charge >= 0.3 is 11.8 Å². The molecule has 10 heteroatoms. The largest absolute Gasteiger partial charge is 0.329 e. The van der Waals surface area contributed by atoms with Gasteiger partial charge in [-0.25, -0.2) is 5.43 Å². The summed E-state index contributed by atoms with van der Waals surface area (Å²) in [6.07, 6.45) is 1.25. The van der Waals surface area contributed by atoms with Crippen LogP contribution in [0.15, 0.2) is 53.6 Å². The molecule has 3 amide bonds. The molecule has 0 aliphatic rings. The van der Waals surface area contributed by atoms with E-state index in [9.17, 15) is 24.5 Å². The van der Waals surface area contributed by atoms with Gasteiger partial charge < -0.3 is 10.6 Å². The highest BCUT2D eigenvalue weighted by Crippen LogP contribution is 2.13. The third kappa shape index (κ3) is 6.05. The highest BCUT2D eigenvalue weighted by atomic mass is 16.6. The van der Waals surface area contributed by atoms with Crippen molar-refractivity contribution in [1.29, 1.82) is 0 Å². The Labute approximate surface area is 153 Å². The molecular formula is C17H15N5O5. The van der Waals surface area contributed by atoms with Crippen molar-refractivity contribution in [1.82, 2.24) is 5.43 Å². The molecule has 0 fully saturated rings. The summed E-state index contributed by atoms with van der Waals surface area (Å²) < 4.78 is 0. The number of non-ortho nitro benzene ring substituents is 1. The number of benzene rings is 2. The molecule has 138 valence electrons. The van der Waals surface area contributed by atoms with Gasteiger partial charge in [-0.15, -0.1) is 0 Å². The van der Waals surface area contributed by atoms with Gasteiger partial charge in [-0.1, -0.05) is 0 Å². The second-order valence-corrected chi connectivity index (χ2v) is 5.26. The van der Waals surface area contributed by atoms with Gasteiger partial charge in [-0.05, 0) is 42.0 Å².